The van der Waals surface area contributed by atoms with Crippen molar-refractivity contribution in [1.29, 1.82) is 0 Å². The molecule has 0 bridgehead atoms. The van der Waals surface area contributed by atoms with E-state index < -0.39 is 22.2 Å². The van der Waals surface area contributed by atoms with Crippen molar-refractivity contribution in [2.24, 2.45) is 0 Å². The van der Waals surface area contributed by atoms with E-state index in [1.165, 1.54) is 12.1 Å². The van der Waals surface area contributed by atoms with E-state index in [4.69, 9.17) is 5.73 Å². The number of aryl methyl sites for hydroxylation is 1. The summed E-state index contributed by atoms with van der Waals surface area (Å²) < 4.78 is 25.7. The lowest BCUT2D eigenvalue weighted by molar-refractivity contribution is 0.0572. The molecular formula is C12H18N2O4S. The van der Waals surface area contributed by atoms with Gasteiger partial charge in [0.05, 0.1) is 17.1 Å². The standard InChI is InChI=1S/C12H18N2O4S/c1-2-8-3-4-9(5-10(8)13)19(17,18)14-6-11(15)12(16)7-14/h3-5,11-12,15-16H,2,6-7,13H2,1H3/t11-,12+. The molecule has 2 rings (SSSR count). The normalized spacial score (nSPS) is 24.8. The Kier molecular flexibility index (Phi) is 3.82. The number of aliphatic hydroxyl groups excluding tert-OH is 2. The molecule has 1 aliphatic rings. The first kappa shape index (κ1) is 14.3. The predicted molar refractivity (Wildman–Crippen MR) is 71.0 cm³/mol. The minimum Gasteiger partial charge on any atom is -0.398 e. The van der Waals surface area contributed by atoms with Gasteiger partial charge in [0.1, 0.15) is 0 Å². The molecule has 1 aromatic carbocycles. The third-order valence-corrected chi connectivity index (χ3v) is 5.19. The summed E-state index contributed by atoms with van der Waals surface area (Å²) in [7, 11) is -3.72. The van der Waals surface area contributed by atoms with Crippen LogP contribution in [0, 0.1) is 0 Å². The van der Waals surface area contributed by atoms with Gasteiger partial charge < -0.3 is 15.9 Å². The SMILES string of the molecule is CCc1ccc(S(=O)(=O)N2C[C@@H](O)[C@@H](O)C2)cc1N. The first-order valence-corrected chi connectivity index (χ1v) is 7.55. The number of sulfonamides is 1. The largest absolute Gasteiger partial charge is 0.398 e. The molecule has 0 radical (unpaired) electrons. The number of nitrogens with two attached hydrogens (primary N) is 1. The zero-order valence-electron chi connectivity index (χ0n) is 10.7. The number of nitrogen functional groups attached to an aromatic ring is 1. The summed E-state index contributed by atoms with van der Waals surface area (Å²) in [5, 5.41) is 18.9. The minimum atomic E-state index is -3.72. The molecule has 6 nitrogen and oxygen atoms in total. The lowest BCUT2D eigenvalue weighted by Crippen LogP contribution is -2.30. The third-order valence-electron chi connectivity index (χ3n) is 3.36. The van der Waals surface area contributed by atoms with E-state index >= 15 is 0 Å². The number of hydrogen-bond acceptors (Lipinski definition) is 5. The highest BCUT2D eigenvalue weighted by Crippen LogP contribution is 2.24. The molecule has 0 aromatic heterocycles. The Morgan fingerprint density at radius 3 is 2.37 bits per heavy atom. The zero-order chi connectivity index (χ0) is 14.2. The van der Waals surface area contributed by atoms with E-state index in [1.807, 2.05) is 6.92 Å². The van der Waals surface area contributed by atoms with Crippen molar-refractivity contribution in [1.82, 2.24) is 4.31 Å². The van der Waals surface area contributed by atoms with Crippen LogP contribution in [0.2, 0.25) is 0 Å². The molecule has 1 saturated heterocycles. The summed E-state index contributed by atoms with van der Waals surface area (Å²) in [6.45, 7) is 1.74. The molecule has 0 aliphatic carbocycles. The Balaban J connectivity index is 2.33. The predicted octanol–water partition coefficient (Wildman–Crippen LogP) is -0.443. The highest BCUT2D eigenvalue weighted by atomic mass is 32.2. The number of anilines is 1. The van der Waals surface area contributed by atoms with E-state index in [-0.39, 0.29) is 18.0 Å². The van der Waals surface area contributed by atoms with Gasteiger partial charge in [-0.1, -0.05) is 13.0 Å². The van der Waals surface area contributed by atoms with Crippen LogP contribution in [-0.2, 0) is 16.4 Å². The fourth-order valence-electron chi connectivity index (χ4n) is 2.14. The number of rotatable bonds is 3. The van der Waals surface area contributed by atoms with Crippen molar-refractivity contribution in [2.45, 2.75) is 30.4 Å². The second kappa shape index (κ2) is 5.09. The number of hydrogen-bond donors (Lipinski definition) is 3. The molecule has 1 heterocycles. The maximum atomic E-state index is 12.3. The molecule has 0 unspecified atom stereocenters. The maximum absolute atomic E-state index is 12.3. The molecule has 4 N–H and O–H groups in total. The molecule has 1 aliphatic heterocycles. The highest BCUT2D eigenvalue weighted by molar-refractivity contribution is 7.89. The van der Waals surface area contributed by atoms with E-state index in [1.54, 1.807) is 6.07 Å². The van der Waals surface area contributed by atoms with Crippen molar-refractivity contribution in [3.05, 3.63) is 23.8 Å². The van der Waals surface area contributed by atoms with Crippen molar-refractivity contribution >= 4 is 15.7 Å². The van der Waals surface area contributed by atoms with Crippen molar-refractivity contribution < 1.29 is 18.6 Å². The van der Waals surface area contributed by atoms with Gasteiger partial charge in [-0.3, -0.25) is 0 Å². The first-order chi connectivity index (χ1) is 8.86. The van der Waals surface area contributed by atoms with Gasteiger partial charge in [0.15, 0.2) is 0 Å². The Morgan fingerprint density at radius 2 is 1.89 bits per heavy atom. The molecule has 19 heavy (non-hydrogen) atoms. The molecular weight excluding hydrogens is 268 g/mol. The molecule has 1 fully saturated rings. The topological polar surface area (TPSA) is 104 Å². The fraction of sp³-hybridized carbons (Fsp3) is 0.500. The fourth-order valence-corrected chi connectivity index (χ4v) is 3.65. The van der Waals surface area contributed by atoms with Gasteiger partial charge in [0.25, 0.3) is 0 Å². The molecule has 7 heteroatoms. The first-order valence-electron chi connectivity index (χ1n) is 6.11. The average Bonchev–Trinajstić information content (AvgIpc) is 2.70. The molecule has 2 atom stereocenters. The minimum absolute atomic E-state index is 0.0866. The smallest absolute Gasteiger partial charge is 0.243 e. The van der Waals surface area contributed by atoms with E-state index in [2.05, 4.69) is 0 Å². The summed E-state index contributed by atoms with van der Waals surface area (Å²) in [6.07, 6.45) is -1.35. The van der Waals surface area contributed by atoms with Gasteiger partial charge in [-0.05, 0) is 24.1 Å². The lowest BCUT2D eigenvalue weighted by atomic mass is 10.1. The van der Waals surface area contributed by atoms with Crippen LogP contribution in [0.5, 0.6) is 0 Å². The third kappa shape index (κ3) is 2.59. The summed E-state index contributed by atoms with van der Waals surface area (Å²) in [4.78, 5) is 0.0866. The maximum Gasteiger partial charge on any atom is 0.243 e. The van der Waals surface area contributed by atoms with Crippen LogP contribution in [-0.4, -0.2) is 48.2 Å². The van der Waals surface area contributed by atoms with Gasteiger partial charge in [-0.25, -0.2) is 8.42 Å². The molecule has 0 spiro atoms. The summed E-state index contributed by atoms with van der Waals surface area (Å²) >= 11 is 0. The summed E-state index contributed by atoms with van der Waals surface area (Å²) in [5.41, 5.74) is 7.12. The van der Waals surface area contributed by atoms with Crippen LogP contribution in [0.1, 0.15) is 12.5 Å². The van der Waals surface area contributed by atoms with Crippen LogP contribution in [0.15, 0.2) is 23.1 Å². The number of benzene rings is 1. The quantitative estimate of drug-likeness (QED) is 0.653. The van der Waals surface area contributed by atoms with Gasteiger partial charge in [-0.15, -0.1) is 0 Å². The molecule has 0 saturated carbocycles. The molecule has 106 valence electrons. The second-order valence-corrected chi connectivity index (χ2v) is 6.61. The highest BCUT2D eigenvalue weighted by Gasteiger charge is 2.37. The van der Waals surface area contributed by atoms with Gasteiger partial charge in [0, 0.05) is 18.8 Å². The van der Waals surface area contributed by atoms with Crippen LogP contribution in [0.4, 0.5) is 5.69 Å². The van der Waals surface area contributed by atoms with E-state index in [0.29, 0.717) is 5.69 Å². The van der Waals surface area contributed by atoms with E-state index in [0.717, 1.165) is 16.3 Å². The Labute approximate surface area is 112 Å². The van der Waals surface area contributed by atoms with Crippen molar-refractivity contribution in [3.63, 3.8) is 0 Å². The van der Waals surface area contributed by atoms with Gasteiger partial charge >= 0.3 is 0 Å². The van der Waals surface area contributed by atoms with Crippen molar-refractivity contribution in [3.8, 4) is 0 Å². The number of β-amino-alcohol motifs (C(OH)–C–C–N with tert-alkyl or cyclic N) is 2. The number of nitrogens with zero attached hydrogens (tertiary/aromatic N) is 1. The lowest BCUT2D eigenvalue weighted by Gasteiger charge is -2.16. The zero-order valence-corrected chi connectivity index (χ0v) is 11.5. The molecule has 0 amide bonds. The monoisotopic (exact) mass is 286 g/mol. The molecule has 1 aromatic rings. The van der Waals surface area contributed by atoms with Crippen LogP contribution >= 0.6 is 0 Å². The van der Waals surface area contributed by atoms with Crippen LogP contribution < -0.4 is 5.73 Å². The summed E-state index contributed by atoms with van der Waals surface area (Å²) in [5.74, 6) is 0. The Bertz CT molecular complexity index is 563. The second-order valence-electron chi connectivity index (χ2n) is 4.67. The Hall–Kier alpha value is -1.15. The van der Waals surface area contributed by atoms with Crippen LogP contribution in [0.25, 0.3) is 0 Å². The van der Waals surface area contributed by atoms with Gasteiger partial charge in [0.2, 0.25) is 10.0 Å². The Morgan fingerprint density at radius 1 is 1.32 bits per heavy atom. The van der Waals surface area contributed by atoms with E-state index in [9.17, 15) is 18.6 Å². The number of aliphatic hydroxyl groups is 2. The summed E-state index contributed by atoms with van der Waals surface area (Å²) in [6, 6.07) is 4.61. The van der Waals surface area contributed by atoms with Crippen molar-refractivity contribution in [2.75, 3.05) is 18.8 Å². The van der Waals surface area contributed by atoms with Gasteiger partial charge in [-0.2, -0.15) is 4.31 Å². The van der Waals surface area contributed by atoms with Crippen LogP contribution in [0.3, 0.4) is 0 Å². The average molecular weight is 286 g/mol.